The van der Waals surface area contributed by atoms with E-state index in [9.17, 15) is 14.9 Å². The van der Waals surface area contributed by atoms with Crippen molar-refractivity contribution in [2.24, 2.45) is 0 Å². The number of aromatic nitrogens is 1. The molecule has 0 radical (unpaired) electrons. The summed E-state index contributed by atoms with van der Waals surface area (Å²) in [5.41, 5.74) is 2.74. The van der Waals surface area contributed by atoms with Crippen molar-refractivity contribution in [3.05, 3.63) is 28.6 Å². The van der Waals surface area contributed by atoms with Gasteiger partial charge in [0.05, 0.1) is 6.10 Å². The summed E-state index contributed by atoms with van der Waals surface area (Å²) in [6.45, 7) is 7.61. The highest BCUT2D eigenvalue weighted by Gasteiger charge is 2.18. The summed E-state index contributed by atoms with van der Waals surface area (Å²) in [5, 5.41) is 12.0. The van der Waals surface area contributed by atoms with E-state index in [-0.39, 0.29) is 11.7 Å². The van der Waals surface area contributed by atoms with Crippen molar-refractivity contribution in [1.82, 2.24) is 9.88 Å². The molecule has 146 valence electrons. The first-order chi connectivity index (χ1) is 13.0. The summed E-state index contributed by atoms with van der Waals surface area (Å²) in [4.78, 5) is 23.9. The molecule has 1 N–H and O–H groups in total. The van der Waals surface area contributed by atoms with E-state index < -0.39 is 18.5 Å². The lowest BCUT2D eigenvalue weighted by atomic mass is 10.1. The van der Waals surface area contributed by atoms with Gasteiger partial charge in [0.25, 0.3) is 5.91 Å². The number of amides is 1. The number of esters is 1. The minimum atomic E-state index is -0.801. The summed E-state index contributed by atoms with van der Waals surface area (Å²) < 4.78 is 12.5. The van der Waals surface area contributed by atoms with E-state index in [4.69, 9.17) is 9.47 Å². The van der Waals surface area contributed by atoms with Gasteiger partial charge in [0.1, 0.15) is 11.6 Å². The van der Waals surface area contributed by atoms with Crippen LogP contribution in [0.5, 0.6) is 0 Å². The summed E-state index contributed by atoms with van der Waals surface area (Å²) in [5.74, 6) is -1.21. The lowest BCUT2D eigenvalue weighted by molar-refractivity contribution is -0.144. The molecule has 0 unspecified atom stereocenters. The number of carbonyl (C=O) groups is 2. The molecule has 0 spiro atoms. The standard InChI is InChI=1S/C20H27N3O4/c1-4-7-23-14(2)9-16(15(23)3)10-17(11-21)20(25)27-13-19(24)22-12-18-6-5-8-26-18/h9-10,18H,4-8,12-13H2,1-3H3,(H,22,24)/b17-10+/t18-/m1/s1. The van der Waals surface area contributed by atoms with E-state index in [1.165, 1.54) is 6.08 Å². The number of nitriles is 1. The van der Waals surface area contributed by atoms with Crippen LogP contribution in [0.1, 0.15) is 43.1 Å². The van der Waals surface area contributed by atoms with Crippen molar-refractivity contribution in [3.8, 4) is 6.07 Å². The number of hydrogen-bond acceptors (Lipinski definition) is 5. The molecule has 0 aromatic carbocycles. The second kappa shape index (κ2) is 9.93. The van der Waals surface area contributed by atoms with E-state index in [1.807, 2.05) is 26.0 Å². The number of carbonyl (C=O) groups excluding carboxylic acids is 2. The van der Waals surface area contributed by atoms with E-state index in [0.29, 0.717) is 13.2 Å². The fraction of sp³-hybridized carbons (Fsp3) is 0.550. The Morgan fingerprint density at radius 2 is 2.26 bits per heavy atom. The average Bonchev–Trinajstić information content (AvgIpc) is 3.26. The Morgan fingerprint density at radius 1 is 1.48 bits per heavy atom. The molecular weight excluding hydrogens is 346 g/mol. The molecule has 1 amide bonds. The van der Waals surface area contributed by atoms with Gasteiger partial charge in [0.15, 0.2) is 6.61 Å². The van der Waals surface area contributed by atoms with Gasteiger partial charge in [-0.2, -0.15) is 5.26 Å². The molecule has 1 aliphatic rings. The highest BCUT2D eigenvalue weighted by Crippen LogP contribution is 2.19. The Balaban J connectivity index is 1.93. The zero-order chi connectivity index (χ0) is 19.8. The van der Waals surface area contributed by atoms with Gasteiger partial charge in [-0.15, -0.1) is 0 Å². The van der Waals surface area contributed by atoms with E-state index in [2.05, 4.69) is 16.8 Å². The largest absolute Gasteiger partial charge is 0.451 e. The average molecular weight is 373 g/mol. The zero-order valence-corrected chi connectivity index (χ0v) is 16.2. The van der Waals surface area contributed by atoms with Crippen LogP contribution in [0.3, 0.4) is 0 Å². The van der Waals surface area contributed by atoms with Crippen LogP contribution in [-0.4, -0.2) is 42.3 Å². The van der Waals surface area contributed by atoms with Crippen molar-refractivity contribution in [3.63, 3.8) is 0 Å². The van der Waals surface area contributed by atoms with Gasteiger partial charge >= 0.3 is 5.97 Å². The predicted octanol–water partition coefficient (Wildman–Crippen LogP) is 2.26. The van der Waals surface area contributed by atoms with E-state index >= 15 is 0 Å². The highest BCUT2D eigenvalue weighted by atomic mass is 16.5. The minimum absolute atomic E-state index is 0.0255. The first-order valence-electron chi connectivity index (χ1n) is 9.30. The first-order valence-corrected chi connectivity index (χ1v) is 9.30. The fourth-order valence-corrected chi connectivity index (χ4v) is 3.13. The molecular formula is C20H27N3O4. The van der Waals surface area contributed by atoms with Crippen LogP contribution < -0.4 is 5.32 Å². The minimum Gasteiger partial charge on any atom is -0.451 e. The number of hydrogen-bond donors (Lipinski definition) is 1. The molecule has 0 bridgehead atoms. The predicted molar refractivity (Wildman–Crippen MR) is 101 cm³/mol. The third kappa shape index (κ3) is 5.69. The SMILES string of the molecule is CCCn1c(C)cc(/C=C(\C#N)C(=O)OCC(=O)NC[C@H]2CCCO2)c1C. The summed E-state index contributed by atoms with van der Waals surface area (Å²) in [6, 6.07) is 3.80. The number of aryl methyl sites for hydroxylation is 1. The first kappa shape index (κ1) is 20.7. The van der Waals surface area contributed by atoms with Crippen molar-refractivity contribution in [2.45, 2.75) is 52.7 Å². The van der Waals surface area contributed by atoms with Crippen molar-refractivity contribution >= 4 is 18.0 Å². The molecule has 7 nitrogen and oxygen atoms in total. The van der Waals surface area contributed by atoms with Gasteiger partial charge in [-0.25, -0.2) is 4.79 Å². The summed E-state index contributed by atoms with van der Waals surface area (Å²) in [7, 11) is 0. The van der Waals surface area contributed by atoms with Gasteiger partial charge in [0, 0.05) is 31.1 Å². The number of nitrogens with zero attached hydrogens (tertiary/aromatic N) is 2. The number of rotatable bonds is 8. The lowest BCUT2D eigenvalue weighted by Gasteiger charge is -2.10. The van der Waals surface area contributed by atoms with Crippen molar-refractivity contribution in [1.29, 1.82) is 5.26 Å². The molecule has 2 heterocycles. The maximum Gasteiger partial charge on any atom is 0.349 e. The van der Waals surface area contributed by atoms with E-state index in [0.717, 1.165) is 42.8 Å². The van der Waals surface area contributed by atoms with Crippen LogP contribution in [0.2, 0.25) is 0 Å². The van der Waals surface area contributed by atoms with Gasteiger partial charge in [-0.05, 0) is 50.8 Å². The normalized spacial score (nSPS) is 16.8. The van der Waals surface area contributed by atoms with Crippen LogP contribution in [0.4, 0.5) is 0 Å². The maximum absolute atomic E-state index is 12.1. The van der Waals surface area contributed by atoms with Crippen LogP contribution >= 0.6 is 0 Å². The van der Waals surface area contributed by atoms with Gasteiger partial charge in [-0.1, -0.05) is 6.92 Å². The maximum atomic E-state index is 12.1. The van der Waals surface area contributed by atoms with Crippen LogP contribution in [0, 0.1) is 25.2 Å². The highest BCUT2D eigenvalue weighted by molar-refractivity contribution is 5.99. The van der Waals surface area contributed by atoms with Gasteiger partial charge in [0.2, 0.25) is 0 Å². The topological polar surface area (TPSA) is 93.4 Å². The Bertz CT molecular complexity index is 752. The van der Waals surface area contributed by atoms with E-state index in [1.54, 1.807) is 0 Å². The third-order valence-corrected chi connectivity index (χ3v) is 4.59. The Labute approximate surface area is 159 Å². The van der Waals surface area contributed by atoms with Crippen molar-refractivity contribution in [2.75, 3.05) is 19.8 Å². The summed E-state index contributed by atoms with van der Waals surface area (Å²) >= 11 is 0. The molecule has 1 saturated heterocycles. The quantitative estimate of drug-likeness (QED) is 0.429. The molecule has 1 fully saturated rings. The second-order valence-electron chi connectivity index (χ2n) is 6.66. The Hall–Kier alpha value is -2.59. The summed E-state index contributed by atoms with van der Waals surface area (Å²) in [6.07, 6.45) is 4.44. The number of nitrogens with one attached hydrogen (secondary N) is 1. The van der Waals surface area contributed by atoms with Gasteiger partial charge < -0.3 is 19.4 Å². The number of ether oxygens (including phenoxy) is 2. The van der Waals surface area contributed by atoms with Gasteiger partial charge in [-0.3, -0.25) is 4.79 Å². The molecule has 0 saturated carbocycles. The zero-order valence-electron chi connectivity index (χ0n) is 16.2. The molecule has 1 atom stereocenters. The molecule has 1 aromatic rings. The lowest BCUT2D eigenvalue weighted by Crippen LogP contribution is -2.34. The van der Waals surface area contributed by atoms with Crippen LogP contribution in [0.15, 0.2) is 11.6 Å². The third-order valence-electron chi connectivity index (χ3n) is 4.59. The Morgan fingerprint density at radius 3 is 2.89 bits per heavy atom. The molecule has 7 heteroatoms. The van der Waals surface area contributed by atoms with Crippen LogP contribution in [-0.2, 0) is 25.6 Å². The molecule has 1 aromatic heterocycles. The Kier molecular flexibility index (Phi) is 7.62. The molecule has 27 heavy (non-hydrogen) atoms. The molecule has 2 rings (SSSR count). The second-order valence-corrected chi connectivity index (χ2v) is 6.66. The molecule has 0 aliphatic carbocycles. The smallest absolute Gasteiger partial charge is 0.349 e. The fourth-order valence-electron chi connectivity index (χ4n) is 3.13. The molecule has 1 aliphatic heterocycles. The monoisotopic (exact) mass is 373 g/mol. The van der Waals surface area contributed by atoms with Crippen molar-refractivity contribution < 1.29 is 19.1 Å². The van der Waals surface area contributed by atoms with Crippen LogP contribution in [0.25, 0.3) is 6.08 Å².